The number of aryl methyl sites for hydroxylation is 3. The number of amides is 1. The zero-order valence-electron chi connectivity index (χ0n) is 19.5. The summed E-state index contributed by atoms with van der Waals surface area (Å²) < 4.78 is 30.7. The Morgan fingerprint density at radius 1 is 1.03 bits per heavy atom. The molecule has 0 saturated heterocycles. The van der Waals surface area contributed by atoms with E-state index in [1.807, 2.05) is 67.9 Å². The summed E-state index contributed by atoms with van der Waals surface area (Å²) in [7, 11) is -4.02. The minimum atomic E-state index is -4.02. The second-order valence-electron chi connectivity index (χ2n) is 8.22. The number of imidazole rings is 1. The molecule has 0 fully saturated rings. The molecule has 1 amide bonds. The third-order valence-corrected chi connectivity index (χ3v) is 7.47. The molecule has 4 rings (SSSR count). The normalized spacial score (nSPS) is 11.3. The zero-order chi connectivity index (χ0) is 25.2. The number of rotatable bonds is 7. The molecular weight excluding hydrogens is 484 g/mol. The van der Waals surface area contributed by atoms with E-state index in [0.29, 0.717) is 5.69 Å². The molecule has 1 heterocycles. The van der Waals surface area contributed by atoms with Gasteiger partial charge in [0, 0.05) is 24.5 Å². The minimum absolute atomic E-state index is 0.0275. The molecule has 0 bridgehead atoms. The van der Waals surface area contributed by atoms with E-state index in [4.69, 9.17) is 11.6 Å². The highest BCUT2D eigenvalue weighted by Crippen LogP contribution is 2.27. The van der Waals surface area contributed by atoms with Crippen LogP contribution < -0.4 is 10.0 Å². The van der Waals surface area contributed by atoms with Crippen molar-refractivity contribution in [2.45, 2.75) is 32.2 Å². The maximum Gasteiger partial charge on any atom is 0.263 e. The SMILES string of the molecule is Cc1ccc(NS(=O)(=O)c2cc(C(=O)NCc3ccccc3-n3ccnc3C)ccc2Cl)c(C)c1. The first-order chi connectivity index (χ1) is 16.7. The zero-order valence-corrected chi connectivity index (χ0v) is 21.1. The lowest BCUT2D eigenvalue weighted by Crippen LogP contribution is -2.24. The molecule has 0 spiro atoms. The van der Waals surface area contributed by atoms with E-state index in [9.17, 15) is 13.2 Å². The lowest BCUT2D eigenvalue weighted by atomic mass is 10.1. The van der Waals surface area contributed by atoms with Crippen LogP contribution in [0.4, 0.5) is 5.69 Å². The van der Waals surface area contributed by atoms with E-state index in [2.05, 4.69) is 15.0 Å². The number of nitrogens with zero attached hydrogens (tertiary/aromatic N) is 2. The quantitative estimate of drug-likeness (QED) is 0.359. The molecule has 0 saturated carbocycles. The number of sulfonamides is 1. The maximum absolute atomic E-state index is 13.1. The van der Waals surface area contributed by atoms with Crippen LogP contribution in [0, 0.1) is 20.8 Å². The summed E-state index contributed by atoms with van der Waals surface area (Å²) in [5, 5.41) is 2.90. The molecule has 0 aliphatic rings. The monoisotopic (exact) mass is 508 g/mol. The average molecular weight is 509 g/mol. The average Bonchev–Trinajstić information content (AvgIpc) is 3.25. The molecule has 7 nitrogen and oxygen atoms in total. The van der Waals surface area contributed by atoms with Gasteiger partial charge in [-0.1, -0.05) is 47.5 Å². The Morgan fingerprint density at radius 2 is 1.80 bits per heavy atom. The second kappa shape index (κ2) is 9.93. The van der Waals surface area contributed by atoms with Crippen molar-refractivity contribution in [3.8, 4) is 5.69 Å². The molecule has 0 aliphatic heterocycles. The van der Waals surface area contributed by atoms with Crippen molar-refractivity contribution in [3.63, 3.8) is 0 Å². The van der Waals surface area contributed by atoms with E-state index in [1.54, 1.807) is 12.3 Å². The van der Waals surface area contributed by atoms with Gasteiger partial charge in [-0.3, -0.25) is 9.52 Å². The fourth-order valence-electron chi connectivity index (χ4n) is 3.78. The molecule has 1 aromatic heterocycles. The lowest BCUT2D eigenvalue weighted by molar-refractivity contribution is 0.0950. The number of halogens is 1. The summed E-state index contributed by atoms with van der Waals surface area (Å²) in [5.74, 6) is 0.412. The lowest BCUT2D eigenvalue weighted by Gasteiger charge is -2.14. The van der Waals surface area contributed by atoms with Crippen LogP contribution in [0.1, 0.15) is 32.9 Å². The standard InChI is InChI=1S/C26H25ClN4O3S/c1-17-8-11-23(18(2)14-17)30-35(33,34)25-15-20(9-10-22(25)27)26(32)29-16-21-6-4-5-7-24(21)31-13-12-28-19(31)3/h4-15,30H,16H2,1-3H3,(H,29,32). The van der Waals surface area contributed by atoms with Gasteiger partial charge in [-0.25, -0.2) is 13.4 Å². The fourth-order valence-corrected chi connectivity index (χ4v) is 5.44. The smallest absolute Gasteiger partial charge is 0.263 e. The maximum atomic E-state index is 13.1. The van der Waals surface area contributed by atoms with E-state index in [1.165, 1.54) is 18.2 Å². The van der Waals surface area contributed by atoms with Crippen molar-refractivity contribution < 1.29 is 13.2 Å². The van der Waals surface area contributed by atoms with Crippen molar-refractivity contribution in [2.24, 2.45) is 0 Å². The predicted molar refractivity (Wildman–Crippen MR) is 138 cm³/mol. The Labute approximate surface area is 209 Å². The Morgan fingerprint density at radius 3 is 2.51 bits per heavy atom. The van der Waals surface area contributed by atoms with Crippen molar-refractivity contribution in [3.05, 3.63) is 106 Å². The Hall–Kier alpha value is -3.62. The Kier molecular flexibility index (Phi) is 6.95. The number of benzene rings is 3. The number of hydrogen-bond donors (Lipinski definition) is 2. The summed E-state index contributed by atoms with van der Waals surface area (Å²) in [6.07, 6.45) is 3.57. The highest BCUT2D eigenvalue weighted by atomic mass is 35.5. The predicted octanol–water partition coefficient (Wildman–Crippen LogP) is 5.18. The molecule has 180 valence electrons. The fraction of sp³-hybridized carbons (Fsp3) is 0.154. The topological polar surface area (TPSA) is 93.1 Å². The molecule has 3 aromatic carbocycles. The van der Waals surface area contributed by atoms with Crippen LogP contribution in [0.3, 0.4) is 0 Å². The van der Waals surface area contributed by atoms with Crippen molar-refractivity contribution in [1.82, 2.24) is 14.9 Å². The summed E-state index contributed by atoms with van der Waals surface area (Å²) in [4.78, 5) is 17.0. The van der Waals surface area contributed by atoms with Gasteiger partial charge < -0.3 is 9.88 Å². The van der Waals surface area contributed by atoms with Gasteiger partial charge in [-0.2, -0.15) is 0 Å². The van der Waals surface area contributed by atoms with Gasteiger partial charge in [-0.15, -0.1) is 0 Å². The highest BCUT2D eigenvalue weighted by Gasteiger charge is 2.21. The third kappa shape index (κ3) is 5.39. The minimum Gasteiger partial charge on any atom is -0.348 e. The molecule has 0 unspecified atom stereocenters. The molecule has 35 heavy (non-hydrogen) atoms. The van der Waals surface area contributed by atoms with Gasteiger partial charge in [0.2, 0.25) is 0 Å². The Balaban J connectivity index is 1.55. The van der Waals surface area contributed by atoms with Crippen LogP contribution in [0.5, 0.6) is 0 Å². The van der Waals surface area contributed by atoms with E-state index in [0.717, 1.165) is 28.2 Å². The third-order valence-electron chi connectivity index (χ3n) is 5.63. The number of anilines is 1. The van der Waals surface area contributed by atoms with Gasteiger partial charge in [0.15, 0.2) is 0 Å². The first-order valence-electron chi connectivity index (χ1n) is 10.9. The van der Waals surface area contributed by atoms with Gasteiger partial charge in [-0.05, 0) is 62.2 Å². The molecular formula is C26H25ClN4O3S. The molecule has 2 N–H and O–H groups in total. The van der Waals surface area contributed by atoms with Crippen LogP contribution in [-0.2, 0) is 16.6 Å². The molecule has 9 heteroatoms. The molecule has 0 radical (unpaired) electrons. The van der Waals surface area contributed by atoms with Crippen LogP contribution in [-0.4, -0.2) is 23.9 Å². The van der Waals surface area contributed by atoms with Crippen molar-refractivity contribution in [1.29, 1.82) is 0 Å². The molecule has 4 aromatic rings. The highest BCUT2D eigenvalue weighted by molar-refractivity contribution is 7.92. The largest absolute Gasteiger partial charge is 0.348 e. The number of hydrogen-bond acceptors (Lipinski definition) is 4. The van der Waals surface area contributed by atoms with Crippen LogP contribution in [0.25, 0.3) is 5.69 Å². The number of carbonyl (C=O) groups is 1. The summed E-state index contributed by atoms with van der Waals surface area (Å²) >= 11 is 6.22. The first kappa shape index (κ1) is 24.5. The summed E-state index contributed by atoms with van der Waals surface area (Å²) in [6, 6.07) is 17.3. The number of nitrogens with one attached hydrogen (secondary N) is 2. The van der Waals surface area contributed by atoms with Gasteiger partial charge in [0.25, 0.3) is 15.9 Å². The first-order valence-corrected chi connectivity index (χ1v) is 12.8. The molecule has 0 atom stereocenters. The summed E-state index contributed by atoms with van der Waals surface area (Å²) in [5.41, 5.74) is 4.23. The van der Waals surface area contributed by atoms with Crippen LogP contribution >= 0.6 is 11.6 Å². The van der Waals surface area contributed by atoms with Crippen molar-refractivity contribution in [2.75, 3.05) is 4.72 Å². The van der Waals surface area contributed by atoms with Gasteiger partial charge in [0.05, 0.1) is 16.4 Å². The number of para-hydroxylation sites is 1. The van der Waals surface area contributed by atoms with Crippen LogP contribution in [0.2, 0.25) is 5.02 Å². The molecule has 0 aliphatic carbocycles. The second-order valence-corrected chi connectivity index (χ2v) is 10.3. The Bertz CT molecular complexity index is 1510. The van der Waals surface area contributed by atoms with E-state index in [-0.39, 0.29) is 22.0 Å². The summed E-state index contributed by atoms with van der Waals surface area (Å²) in [6.45, 7) is 5.90. The number of carbonyl (C=O) groups excluding carboxylic acids is 1. The van der Waals surface area contributed by atoms with E-state index < -0.39 is 15.9 Å². The van der Waals surface area contributed by atoms with Gasteiger partial charge >= 0.3 is 0 Å². The van der Waals surface area contributed by atoms with E-state index >= 15 is 0 Å². The van der Waals surface area contributed by atoms with Crippen LogP contribution in [0.15, 0.2) is 78.0 Å². The van der Waals surface area contributed by atoms with Crippen molar-refractivity contribution >= 4 is 33.2 Å². The van der Waals surface area contributed by atoms with Gasteiger partial charge in [0.1, 0.15) is 10.7 Å². The number of aromatic nitrogens is 2.